The molecule has 0 aliphatic heterocycles. The average Bonchev–Trinajstić information content (AvgIpc) is 2.26. The molecule has 19 heavy (non-hydrogen) atoms. The number of phenols is 1. The Morgan fingerprint density at radius 3 is 2.74 bits per heavy atom. The van der Waals surface area contributed by atoms with E-state index in [4.69, 9.17) is 11.6 Å². The highest BCUT2D eigenvalue weighted by Crippen LogP contribution is 2.19. The van der Waals surface area contributed by atoms with Gasteiger partial charge in [0.15, 0.2) is 0 Å². The van der Waals surface area contributed by atoms with E-state index in [-0.39, 0.29) is 16.7 Å². The molecule has 1 aromatic carbocycles. The SMILES string of the molecule is Cc1cc(Cl)nc(NC(=O)c2ccc(F)cc2O)n1. The topological polar surface area (TPSA) is 75.1 Å². The lowest BCUT2D eigenvalue weighted by Gasteiger charge is -2.06. The Balaban J connectivity index is 2.25. The second-order valence-electron chi connectivity index (χ2n) is 3.77. The molecule has 0 aliphatic rings. The zero-order valence-corrected chi connectivity index (χ0v) is 10.6. The number of halogens is 2. The Bertz CT molecular complexity index is 629. The molecule has 0 saturated carbocycles. The summed E-state index contributed by atoms with van der Waals surface area (Å²) < 4.78 is 12.8. The van der Waals surface area contributed by atoms with Crippen molar-refractivity contribution in [2.45, 2.75) is 6.92 Å². The first-order valence-electron chi connectivity index (χ1n) is 5.27. The molecular weight excluding hydrogens is 273 g/mol. The number of nitrogens with one attached hydrogen (secondary N) is 1. The third-order valence-corrected chi connectivity index (χ3v) is 2.45. The summed E-state index contributed by atoms with van der Waals surface area (Å²) in [6.07, 6.45) is 0. The highest BCUT2D eigenvalue weighted by molar-refractivity contribution is 6.29. The molecular formula is C12H9ClFN3O2. The number of amides is 1. The van der Waals surface area contributed by atoms with Crippen LogP contribution >= 0.6 is 11.6 Å². The Labute approximate surface area is 113 Å². The molecule has 1 aromatic heterocycles. The van der Waals surface area contributed by atoms with E-state index in [1.165, 1.54) is 6.07 Å². The van der Waals surface area contributed by atoms with E-state index in [2.05, 4.69) is 15.3 Å². The highest BCUT2D eigenvalue weighted by atomic mass is 35.5. The number of hydrogen-bond donors (Lipinski definition) is 2. The van der Waals surface area contributed by atoms with Crippen molar-refractivity contribution < 1.29 is 14.3 Å². The van der Waals surface area contributed by atoms with Gasteiger partial charge in [-0.1, -0.05) is 11.6 Å². The Morgan fingerprint density at radius 1 is 1.37 bits per heavy atom. The molecule has 2 N–H and O–H groups in total. The first-order valence-corrected chi connectivity index (χ1v) is 5.64. The van der Waals surface area contributed by atoms with Crippen molar-refractivity contribution in [2.24, 2.45) is 0 Å². The number of aromatic nitrogens is 2. The van der Waals surface area contributed by atoms with Crippen LogP contribution < -0.4 is 5.32 Å². The number of hydrogen-bond acceptors (Lipinski definition) is 4. The molecule has 1 heterocycles. The van der Waals surface area contributed by atoms with Crippen LogP contribution in [0.5, 0.6) is 5.75 Å². The second-order valence-corrected chi connectivity index (χ2v) is 4.16. The van der Waals surface area contributed by atoms with E-state index in [0.717, 1.165) is 18.2 Å². The molecule has 0 aliphatic carbocycles. The van der Waals surface area contributed by atoms with Crippen LogP contribution in [-0.4, -0.2) is 21.0 Å². The van der Waals surface area contributed by atoms with Gasteiger partial charge >= 0.3 is 0 Å². The van der Waals surface area contributed by atoms with E-state index in [9.17, 15) is 14.3 Å². The standard InChI is InChI=1S/C12H9ClFN3O2/c1-6-4-10(13)16-12(15-6)17-11(19)8-3-2-7(14)5-9(8)18/h2-5,18H,1H3,(H,15,16,17,19). The zero-order valence-electron chi connectivity index (χ0n) is 9.82. The number of carbonyl (C=O) groups excluding carboxylic acids is 1. The van der Waals surface area contributed by atoms with E-state index >= 15 is 0 Å². The maximum Gasteiger partial charge on any atom is 0.261 e. The molecule has 0 atom stereocenters. The van der Waals surface area contributed by atoms with Crippen molar-refractivity contribution in [2.75, 3.05) is 5.32 Å². The zero-order chi connectivity index (χ0) is 14.0. The molecule has 0 radical (unpaired) electrons. The average molecular weight is 282 g/mol. The fourth-order valence-electron chi connectivity index (χ4n) is 1.45. The molecule has 1 amide bonds. The van der Waals surface area contributed by atoms with Crippen molar-refractivity contribution in [3.05, 3.63) is 46.5 Å². The minimum atomic E-state index is -0.654. The lowest BCUT2D eigenvalue weighted by molar-refractivity contribution is 0.102. The monoisotopic (exact) mass is 281 g/mol. The molecule has 7 heteroatoms. The summed E-state index contributed by atoms with van der Waals surface area (Å²) in [7, 11) is 0. The van der Waals surface area contributed by atoms with Crippen LogP contribution in [0.25, 0.3) is 0 Å². The van der Waals surface area contributed by atoms with Crippen molar-refractivity contribution in [1.82, 2.24) is 9.97 Å². The molecule has 2 aromatic rings. The number of benzene rings is 1. The first-order chi connectivity index (χ1) is 8.95. The van der Waals surface area contributed by atoms with Crippen molar-refractivity contribution in [3.63, 3.8) is 0 Å². The van der Waals surface area contributed by atoms with Crippen LogP contribution in [0.15, 0.2) is 24.3 Å². The number of aryl methyl sites for hydroxylation is 1. The number of carbonyl (C=O) groups is 1. The summed E-state index contributed by atoms with van der Waals surface area (Å²) in [5.41, 5.74) is 0.501. The van der Waals surface area contributed by atoms with E-state index in [0.29, 0.717) is 5.69 Å². The molecule has 0 spiro atoms. The minimum Gasteiger partial charge on any atom is -0.507 e. The molecule has 0 saturated heterocycles. The molecule has 5 nitrogen and oxygen atoms in total. The Morgan fingerprint density at radius 2 is 2.11 bits per heavy atom. The van der Waals surface area contributed by atoms with Crippen LogP contribution in [0, 0.1) is 12.7 Å². The van der Waals surface area contributed by atoms with Gasteiger partial charge in [0, 0.05) is 11.8 Å². The summed E-state index contributed by atoms with van der Waals surface area (Å²) in [5.74, 6) is -1.74. The van der Waals surface area contributed by atoms with E-state index in [1.807, 2.05) is 0 Å². The smallest absolute Gasteiger partial charge is 0.261 e. The van der Waals surface area contributed by atoms with Gasteiger partial charge in [-0.3, -0.25) is 10.1 Å². The predicted molar refractivity (Wildman–Crippen MR) is 67.8 cm³/mol. The second kappa shape index (κ2) is 5.19. The number of phenolic OH excluding ortho intramolecular Hbond substituents is 1. The summed E-state index contributed by atoms with van der Waals surface area (Å²) in [6.45, 7) is 1.69. The van der Waals surface area contributed by atoms with E-state index < -0.39 is 17.5 Å². The number of anilines is 1. The van der Waals surface area contributed by atoms with Crippen molar-refractivity contribution in [1.29, 1.82) is 0 Å². The van der Waals surface area contributed by atoms with Crippen molar-refractivity contribution >= 4 is 23.5 Å². The number of nitrogens with zero attached hydrogens (tertiary/aromatic N) is 2. The van der Waals surface area contributed by atoms with Gasteiger partial charge in [0.2, 0.25) is 5.95 Å². The largest absolute Gasteiger partial charge is 0.507 e. The summed E-state index contributed by atoms with van der Waals surface area (Å²) in [4.78, 5) is 19.6. The summed E-state index contributed by atoms with van der Waals surface area (Å²) in [6, 6.07) is 4.61. The maximum atomic E-state index is 12.8. The van der Waals surface area contributed by atoms with Gasteiger partial charge < -0.3 is 5.11 Å². The minimum absolute atomic E-state index is 0.0127. The quantitative estimate of drug-likeness (QED) is 0.830. The van der Waals surface area contributed by atoms with Gasteiger partial charge in [-0.25, -0.2) is 14.4 Å². The summed E-state index contributed by atoms with van der Waals surface area (Å²) >= 11 is 5.73. The van der Waals surface area contributed by atoms with Gasteiger partial charge in [0.1, 0.15) is 16.7 Å². The molecule has 0 fully saturated rings. The third-order valence-electron chi connectivity index (χ3n) is 2.25. The van der Waals surface area contributed by atoms with Gasteiger partial charge in [-0.05, 0) is 25.1 Å². The Hall–Kier alpha value is -2.21. The lowest BCUT2D eigenvalue weighted by atomic mass is 10.2. The number of rotatable bonds is 2. The first kappa shape index (κ1) is 13.2. The van der Waals surface area contributed by atoms with Crippen LogP contribution in [0.1, 0.15) is 16.1 Å². The molecule has 2 rings (SSSR count). The molecule has 0 unspecified atom stereocenters. The van der Waals surface area contributed by atoms with Crippen molar-refractivity contribution in [3.8, 4) is 5.75 Å². The highest BCUT2D eigenvalue weighted by Gasteiger charge is 2.13. The van der Waals surface area contributed by atoms with Crippen LogP contribution in [0.2, 0.25) is 5.15 Å². The Kier molecular flexibility index (Phi) is 3.62. The van der Waals surface area contributed by atoms with Crippen LogP contribution in [0.4, 0.5) is 10.3 Å². The van der Waals surface area contributed by atoms with Gasteiger partial charge in [-0.15, -0.1) is 0 Å². The molecule has 98 valence electrons. The fourth-order valence-corrected chi connectivity index (χ4v) is 1.69. The van der Waals surface area contributed by atoms with Crippen LogP contribution in [0.3, 0.4) is 0 Å². The summed E-state index contributed by atoms with van der Waals surface area (Å²) in [5, 5.41) is 12.0. The van der Waals surface area contributed by atoms with Gasteiger partial charge in [0.05, 0.1) is 5.56 Å². The van der Waals surface area contributed by atoms with Crippen LogP contribution in [-0.2, 0) is 0 Å². The third kappa shape index (κ3) is 3.17. The normalized spacial score (nSPS) is 10.3. The molecule has 0 bridgehead atoms. The van der Waals surface area contributed by atoms with Gasteiger partial charge in [0.25, 0.3) is 5.91 Å². The number of aromatic hydroxyl groups is 1. The van der Waals surface area contributed by atoms with Gasteiger partial charge in [-0.2, -0.15) is 0 Å². The van der Waals surface area contributed by atoms with E-state index in [1.54, 1.807) is 6.92 Å². The predicted octanol–water partition coefficient (Wildman–Crippen LogP) is 2.54. The maximum absolute atomic E-state index is 12.8. The fraction of sp³-hybridized carbons (Fsp3) is 0.0833. The lowest BCUT2D eigenvalue weighted by Crippen LogP contribution is -2.14.